The van der Waals surface area contributed by atoms with Crippen molar-refractivity contribution in [3.8, 4) is 0 Å². The van der Waals surface area contributed by atoms with Crippen molar-refractivity contribution in [2.24, 2.45) is 10.7 Å². The van der Waals surface area contributed by atoms with Gasteiger partial charge in [0.15, 0.2) is 5.96 Å². The fourth-order valence-corrected chi connectivity index (χ4v) is 3.59. The molecule has 2 aliphatic heterocycles. The maximum Gasteiger partial charge on any atom is 0.192 e. The third kappa shape index (κ3) is 2.81. The van der Waals surface area contributed by atoms with Gasteiger partial charge in [-0.1, -0.05) is 36.4 Å². The van der Waals surface area contributed by atoms with Gasteiger partial charge in [0.1, 0.15) is 0 Å². The fraction of sp³-hybridized carbons (Fsp3) is 0.471. The van der Waals surface area contributed by atoms with Gasteiger partial charge < -0.3 is 10.6 Å². The molecule has 2 aliphatic rings. The molecule has 1 spiro atoms. The number of nitrogens with two attached hydrogens (primary N) is 1. The van der Waals surface area contributed by atoms with E-state index in [9.17, 15) is 0 Å². The summed E-state index contributed by atoms with van der Waals surface area (Å²) in [4.78, 5) is 9.28. The largest absolute Gasteiger partial charge is 0.370 e. The first-order chi connectivity index (χ1) is 10.2. The molecule has 1 aromatic rings. The molecule has 0 amide bonds. The number of rotatable bonds is 4. The normalized spacial score (nSPS) is 26.1. The molecule has 1 aromatic carbocycles. The van der Waals surface area contributed by atoms with Gasteiger partial charge >= 0.3 is 0 Å². The number of hydrogen-bond acceptors (Lipinski definition) is 4. The lowest BCUT2D eigenvalue weighted by Gasteiger charge is -2.46. The third-order valence-electron chi connectivity index (χ3n) is 4.58. The number of aliphatic imine (C=N–C) groups is 1. The summed E-state index contributed by atoms with van der Waals surface area (Å²) < 4.78 is 0. The minimum Gasteiger partial charge on any atom is -0.370 e. The Bertz CT molecular complexity index is 525. The van der Waals surface area contributed by atoms with Crippen LogP contribution in [0.2, 0.25) is 0 Å². The van der Waals surface area contributed by atoms with Crippen LogP contribution in [-0.4, -0.2) is 47.5 Å². The molecule has 112 valence electrons. The molecule has 1 saturated heterocycles. The topological polar surface area (TPSA) is 44.9 Å². The standard InChI is InChI=1S/C17H24N4/c1-2-10-21-16(18)19-13-17(21)9-6-11-20(14-17)12-15-7-4-3-5-8-15/h2-5,7-8H,1,6,9-14H2,(H2,18,19). The molecule has 1 atom stereocenters. The zero-order chi connectivity index (χ0) is 14.7. The van der Waals surface area contributed by atoms with Gasteiger partial charge in [0.05, 0.1) is 12.1 Å². The Hall–Kier alpha value is -1.81. The molecule has 4 heteroatoms. The molecule has 0 radical (unpaired) electrons. The molecule has 0 saturated carbocycles. The summed E-state index contributed by atoms with van der Waals surface area (Å²) >= 11 is 0. The molecule has 1 fully saturated rings. The second kappa shape index (κ2) is 5.90. The molecule has 3 rings (SSSR count). The highest BCUT2D eigenvalue weighted by Crippen LogP contribution is 2.32. The molecule has 2 N–H and O–H groups in total. The zero-order valence-corrected chi connectivity index (χ0v) is 12.5. The molecule has 0 bridgehead atoms. The smallest absolute Gasteiger partial charge is 0.192 e. The summed E-state index contributed by atoms with van der Waals surface area (Å²) in [6.45, 7) is 8.64. The van der Waals surface area contributed by atoms with Crippen LogP contribution in [-0.2, 0) is 6.54 Å². The van der Waals surface area contributed by atoms with Crippen LogP contribution >= 0.6 is 0 Å². The lowest BCUT2D eigenvalue weighted by atomic mass is 9.87. The first-order valence-electron chi connectivity index (χ1n) is 7.68. The highest BCUT2D eigenvalue weighted by atomic mass is 15.4. The van der Waals surface area contributed by atoms with E-state index in [-0.39, 0.29) is 5.54 Å². The number of likely N-dealkylation sites (tertiary alicyclic amines) is 1. The van der Waals surface area contributed by atoms with Gasteiger partial charge in [-0.3, -0.25) is 9.89 Å². The van der Waals surface area contributed by atoms with E-state index in [0.29, 0.717) is 5.96 Å². The van der Waals surface area contributed by atoms with Crippen molar-refractivity contribution in [2.45, 2.75) is 24.9 Å². The Morgan fingerprint density at radius 2 is 2.14 bits per heavy atom. The number of guanidine groups is 1. The Morgan fingerprint density at radius 3 is 2.90 bits per heavy atom. The van der Waals surface area contributed by atoms with E-state index < -0.39 is 0 Å². The van der Waals surface area contributed by atoms with Crippen LogP contribution in [0.5, 0.6) is 0 Å². The van der Waals surface area contributed by atoms with Gasteiger partial charge in [0.25, 0.3) is 0 Å². The number of piperidine rings is 1. The van der Waals surface area contributed by atoms with Crippen molar-refractivity contribution >= 4 is 5.96 Å². The molecule has 2 heterocycles. The first kappa shape index (κ1) is 14.1. The molecular formula is C17H24N4. The maximum atomic E-state index is 6.08. The highest BCUT2D eigenvalue weighted by molar-refractivity contribution is 5.81. The summed E-state index contributed by atoms with van der Waals surface area (Å²) in [6, 6.07) is 10.7. The van der Waals surface area contributed by atoms with Gasteiger partial charge in [-0.05, 0) is 24.9 Å². The Kier molecular flexibility index (Phi) is 3.97. The number of benzene rings is 1. The molecule has 0 aliphatic carbocycles. The van der Waals surface area contributed by atoms with Gasteiger partial charge in [-0.2, -0.15) is 0 Å². The van der Waals surface area contributed by atoms with Gasteiger partial charge in [-0.25, -0.2) is 0 Å². The SMILES string of the molecule is C=CCN1C(N)=NCC12CCCN(Cc1ccccc1)C2. The molecular weight excluding hydrogens is 260 g/mol. The summed E-state index contributed by atoms with van der Waals surface area (Å²) in [5.41, 5.74) is 7.52. The van der Waals surface area contributed by atoms with Crippen molar-refractivity contribution in [1.29, 1.82) is 0 Å². The van der Waals surface area contributed by atoms with Crippen LogP contribution in [0.15, 0.2) is 48.0 Å². The minimum atomic E-state index is 0.0747. The number of hydrogen-bond donors (Lipinski definition) is 1. The predicted octanol–water partition coefficient (Wildman–Crippen LogP) is 1.84. The minimum absolute atomic E-state index is 0.0747. The first-order valence-corrected chi connectivity index (χ1v) is 7.68. The fourth-order valence-electron chi connectivity index (χ4n) is 3.59. The Morgan fingerprint density at radius 1 is 1.33 bits per heavy atom. The molecule has 0 aromatic heterocycles. The van der Waals surface area contributed by atoms with Crippen molar-refractivity contribution in [1.82, 2.24) is 9.80 Å². The zero-order valence-electron chi connectivity index (χ0n) is 12.5. The van der Waals surface area contributed by atoms with Crippen molar-refractivity contribution < 1.29 is 0 Å². The lowest BCUT2D eigenvalue weighted by Crippen LogP contribution is -2.60. The highest BCUT2D eigenvalue weighted by Gasteiger charge is 2.44. The molecule has 4 nitrogen and oxygen atoms in total. The Balaban J connectivity index is 1.72. The van der Waals surface area contributed by atoms with E-state index in [4.69, 9.17) is 5.73 Å². The number of nitrogens with zero attached hydrogens (tertiary/aromatic N) is 3. The van der Waals surface area contributed by atoms with E-state index in [1.165, 1.54) is 12.0 Å². The average Bonchev–Trinajstić information content (AvgIpc) is 2.78. The monoisotopic (exact) mass is 284 g/mol. The summed E-state index contributed by atoms with van der Waals surface area (Å²) in [5.74, 6) is 0.677. The summed E-state index contributed by atoms with van der Waals surface area (Å²) in [5, 5.41) is 0. The predicted molar refractivity (Wildman–Crippen MR) is 87.1 cm³/mol. The second-order valence-corrected chi connectivity index (χ2v) is 6.10. The van der Waals surface area contributed by atoms with E-state index in [2.05, 4.69) is 51.7 Å². The van der Waals surface area contributed by atoms with Crippen molar-refractivity contribution in [3.63, 3.8) is 0 Å². The van der Waals surface area contributed by atoms with Gasteiger partial charge in [0, 0.05) is 19.6 Å². The van der Waals surface area contributed by atoms with Crippen LogP contribution in [0.4, 0.5) is 0 Å². The van der Waals surface area contributed by atoms with Crippen LogP contribution in [0.1, 0.15) is 18.4 Å². The van der Waals surface area contributed by atoms with E-state index in [1.807, 2.05) is 6.08 Å². The average molecular weight is 284 g/mol. The molecule has 21 heavy (non-hydrogen) atoms. The summed E-state index contributed by atoms with van der Waals surface area (Å²) in [6.07, 6.45) is 4.28. The summed E-state index contributed by atoms with van der Waals surface area (Å²) in [7, 11) is 0. The van der Waals surface area contributed by atoms with E-state index in [0.717, 1.165) is 39.1 Å². The van der Waals surface area contributed by atoms with E-state index in [1.54, 1.807) is 0 Å². The van der Waals surface area contributed by atoms with Crippen LogP contribution in [0.25, 0.3) is 0 Å². The van der Waals surface area contributed by atoms with Gasteiger partial charge in [-0.15, -0.1) is 6.58 Å². The lowest BCUT2D eigenvalue weighted by molar-refractivity contribution is 0.0740. The van der Waals surface area contributed by atoms with Crippen LogP contribution < -0.4 is 5.73 Å². The maximum absolute atomic E-state index is 6.08. The van der Waals surface area contributed by atoms with Crippen LogP contribution in [0, 0.1) is 0 Å². The van der Waals surface area contributed by atoms with Crippen molar-refractivity contribution in [2.75, 3.05) is 26.2 Å². The van der Waals surface area contributed by atoms with Crippen LogP contribution in [0.3, 0.4) is 0 Å². The van der Waals surface area contributed by atoms with E-state index >= 15 is 0 Å². The second-order valence-electron chi connectivity index (χ2n) is 6.10. The molecule has 1 unspecified atom stereocenters. The third-order valence-corrected chi connectivity index (χ3v) is 4.58. The van der Waals surface area contributed by atoms with Gasteiger partial charge in [0.2, 0.25) is 0 Å². The Labute approximate surface area is 126 Å². The quantitative estimate of drug-likeness (QED) is 0.858. The van der Waals surface area contributed by atoms with Crippen molar-refractivity contribution in [3.05, 3.63) is 48.6 Å².